The van der Waals surface area contributed by atoms with E-state index in [0.717, 1.165) is 11.3 Å². The number of hydrogen-bond donors (Lipinski definition) is 1. The van der Waals surface area contributed by atoms with Gasteiger partial charge in [-0.1, -0.05) is 0 Å². The standard InChI is InChI=1S/C19H24N4O5/c1-12-15(10-23(3)21-12)9-22(2)11-17(24)20-16-7-13(18(25)27-4)6-14(8-16)19(26)28-5/h6-8,10H,9,11H2,1-5H3,(H,20,24). The van der Waals surface area contributed by atoms with E-state index in [1.54, 1.807) is 4.68 Å². The minimum Gasteiger partial charge on any atom is -0.465 e. The number of nitrogens with zero attached hydrogens (tertiary/aromatic N) is 3. The molecule has 0 fully saturated rings. The third kappa shape index (κ3) is 5.40. The molecule has 0 bridgehead atoms. The molecule has 0 aliphatic carbocycles. The highest BCUT2D eigenvalue weighted by molar-refractivity contribution is 5.99. The van der Waals surface area contributed by atoms with Gasteiger partial charge in [0.1, 0.15) is 0 Å². The van der Waals surface area contributed by atoms with Crippen LogP contribution in [0.5, 0.6) is 0 Å². The molecular formula is C19H24N4O5. The van der Waals surface area contributed by atoms with Gasteiger partial charge in [0.05, 0.1) is 37.6 Å². The Labute approximate surface area is 163 Å². The average molecular weight is 388 g/mol. The minimum atomic E-state index is -0.620. The molecule has 0 aliphatic heterocycles. The first-order chi connectivity index (χ1) is 13.2. The SMILES string of the molecule is COC(=O)c1cc(NC(=O)CN(C)Cc2cn(C)nc2C)cc(C(=O)OC)c1. The second-order valence-electron chi connectivity index (χ2n) is 6.42. The van der Waals surface area contributed by atoms with Gasteiger partial charge in [-0.05, 0) is 32.2 Å². The summed E-state index contributed by atoms with van der Waals surface area (Å²) < 4.78 is 11.1. The van der Waals surface area contributed by atoms with Crippen molar-refractivity contribution in [3.05, 3.63) is 46.8 Å². The molecule has 0 aliphatic rings. The molecule has 1 aromatic heterocycles. The zero-order chi connectivity index (χ0) is 20.8. The zero-order valence-corrected chi connectivity index (χ0v) is 16.6. The number of rotatable bonds is 7. The van der Waals surface area contributed by atoms with Crippen LogP contribution < -0.4 is 5.32 Å². The number of amides is 1. The first-order valence-electron chi connectivity index (χ1n) is 8.52. The van der Waals surface area contributed by atoms with Gasteiger partial charge in [0.2, 0.25) is 5.91 Å². The summed E-state index contributed by atoms with van der Waals surface area (Å²) in [7, 11) is 6.13. The van der Waals surface area contributed by atoms with Crippen molar-refractivity contribution in [1.82, 2.24) is 14.7 Å². The van der Waals surface area contributed by atoms with Crippen LogP contribution in [0.3, 0.4) is 0 Å². The summed E-state index contributed by atoms with van der Waals surface area (Å²) in [5, 5.41) is 6.98. The third-order valence-electron chi connectivity index (χ3n) is 4.03. The number of nitrogens with one attached hydrogen (secondary N) is 1. The molecule has 0 spiro atoms. The molecule has 0 saturated heterocycles. The third-order valence-corrected chi connectivity index (χ3v) is 4.03. The number of likely N-dealkylation sites (N-methyl/N-ethyl adjacent to an activating group) is 1. The quantitative estimate of drug-likeness (QED) is 0.715. The first kappa shape index (κ1) is 21.1. The van der Waals surface area contributed by atoms with Gasteiger partial charge in [-0.15, -0.1) is 0 Å². The van der Waals surface area contributed by atoms with Crippen LogP contribution >= 0.6 is 0 Å². The van der Waals surface area contributed by atoms with E-state index in [1.807, 2.05) is 32.1 Å². The van der Waals surface area contributed by atoms with Gasteiger partial charge >= 0.3 is 11.9 Å². The lowest BCUT2D eigenvalue weighted by Gasteiger charge is -2.16. The normalized spacial score (nSPS) is 10.6. The Morgan fingerprint density at radius 1 is 1.11 bits per heavy atom. The van der Waals surface area contributed by atoms with Gasteiger partial charge < -0.3 is 14.8 Å². The molecule has 9 nitrogen and oxygen atoms in total. The van der Waals surface area contributed by atoms with Crippen molar-refractivity contribution >= 4 is 23.5 Å². The van der Waals surface area contributed by atoms with E-state index in [0.29, 0.717) is 12.2 Å². The lowest BCUT2D eigenvalue weighted by molar-refractivity contribution is -0.117. The Balaban J connectivity index is 2.10. The summed E-state index contributed by atoms with van der Waals surface area (Å²) in [5.41, 5.74) is 2.51. The maximum Gasteiger partial charge on any atom is 0.337 e. The number of carbonyl (C=O) groups is 3. The molecule has 0 saturated carbocycles. The summed E-state index contributed by atoms with van der Waals surface area (Å²) in [6.45, 7) is 2.59. The van der Waals surface area contributed by atoms with Gasteiger partial charge in [0.15, 0.2) is 0 Å². The molecular weight excluding hydrogens is 364 g/mol. The molecule has 150 valence electrons. The van der Waals surface area contributed by atoms with Crippen molar-refractivity contribution < 1.29 is 23.9 Å². The maximum absolute atomic E-state index is 12.4. The van der Waals surface area contributed by atoms with Crippen LogP contribution in [0, 0.1) is 6.92 Å². The smallest absolute Gasteiger partial charge is 0.337 e. The maximum atomic E-state index is 12.4. The van der Waals surface area contributed by atoms with E-state index in [4.69, 9.17) is 0 Å². The van der Waals surface area contributed by atoms with Crippen LogP contribution in [-0.4, -0.2) is 60.3 Å². The second-order valence-corrected chi connectivity index (χ2v) is 6.42. The Kier molecular flexibility index (Phi) is 6.89. The van der Waals surface area contributed by atoms with Crippen molar-refractivity contribution in [2.75, 3.05) is 33.1 Å². The number of esters is 2. The lowest BCUT2D eigenvalue weighted by Crippen LogP contribution is -2.30. The summed E-state index contributed by atoms with van der Waals surface area (Å²) in [5.74, 6) is -1.53. The van der Waals surface area contributed by atoms with E-state index in [1.165, 1.54) is 32.4 Å². The van der Waals surface area contributed by atoms with Gasteiger partial charge in [0.25, 0.3) is 0 Å². The molecule has 2 rings (SSSR count). The van der Waals surface area contributed by atoms with Crippen molar-refractivity contribution in [2.45, 2.75) is 13.5 Å². The fraction of sp³-hybridized carbons (Fsp3) is 0.368. The summed E-state index contributed by atoms with van der Waals surface area (Å²) in [4.78, 5) is 37.9. The molecule has 0 radical (unpaired) electrons. The van der Waals surface area contributed by atoms with Crippen molar-refractivity contribution in [3.8, 4) is 0 Å². The van der Waals surface area contributed by atoms with E-state index in [9.17, 15) is 14.4 Å². The van der Waals surface area contributed by atoms with Crippen LogP contribution in [-0.2, 0) is 27.9 Å². The lowest BCUT2D eigenvalue weighted by atomic mass is 10.1. The monoisotopic (exact) mass is 388 g/mol. The van der Waals surface area contributed by atoms with Crippen LogP contribution in [0.2, 0.25) is 0 Å². The number of anilines is 1. The Morgan fingerprint density at radius 3 is 2.14 bits per heavy atom. The van der Waals surface area contributed by atoms with Crippen LogP contribution in [0.4, 0.5) is 5.69 Å². The van der Waals surface area contributed by atoms with E-state index < -0.39 is 11.9 Å². The number of benzene rings is 1. The van der Waals surface area contributed by atoms with E-state index in [2.05, 4.69) is 19.9 Å². The molecule has 1 aromatic carbocycles. The van der Waals surface area contributed by atoms with Crippen LogP contribution in [0.1, 0.15) is 32.0 Å². The average Bonchev–Trinajstić information content (AvgIpc) is 2.96. The fourth-order valence-electron chi connectivity index (χ4n) is 2.77. The predicted octanol–water partition coefficient (Wildman–Crippen LogP) is 1.37. The number of aryl methyl sites for hydroxylation is 2. The van der Waals surface area contributed by atoms with E-state index in [-0.39, 0.29) is 23.6 Å². The number of carbonyl (C=O) groups excluding carboxylic acids is 3. The fourth-order valence-corrected chi connectivity index (χ4v) is 2.77. The number of methoxy groups -OCH3 is 2. The summed E-state index contributed by atoms with van der Waals surface area (Å²) in [6.07, 6.45) is 1.91. The molecule has 2 aromatic rings. The molecule has 1 N–H and O–H groups in total. The van der Waals surface area contributed by atoms with Gasteiger partial charge in [-0.3, -0.25) is 14.4 Å². The molecule has 1 heterocycles. The Hall–Kier alpha value is -3.20. The van der Waals surface area contributed by atoms with Crippen LogP contribution in [0.25, 0.3) is 0 Å². The highest BCUT2D eigenvalue weighted by Crippen LogP contribution is 2.17. The number of ether oxygens (including phenoxy) is 2. The Bertz CT molecular complexity index is 856. The molecule has 0 atom stereocenters. The van der Waals surface area contributed by atoms with Gasteiger partial charge in [0, 0.05) is 31.0 Å². The molecule has 28 heavy (non-hydrogen) atoms. The molecule has 0 unspecified atom stereocenters. The first-order valence-corrected chi connectivity index (χ1v) is 8.52. The second kappa shape index (κ2) is 9.14. The van der Waals surface area contributed by atoms with Crippen molar-refractivity contribution in [1.29, 1.82) is 0 Å². The number of aromatic nitrogens is 2. The summed E-state index contributed by atoms with van der Waals surface area (Å²) >= 11 is 0. The van der Waals surface area contributed by atoms with Gasteiger partial charge in [-0.2, -0.15) is 5.10 Å². The topological polar surface area (TPSA) is 103 Å². The van der Waals surface area contributed by atoms with Crippen molar-refractivity contribution in [2.24, 2.45) is 7.05 Å². The zero-order valence-electron chi connectivity index (χ0n) is 16.6. The van der Waals surface area contributed by atoms with Gasteiger partial charge in [-0.25, -0.2) is 9.59 Å². The highest BCUT2D eigenvalue weighted by atomic mass is 16.5. The van der Waals surface area contributed by atoms with E-state index >= 15 is 0 Å². The van der Waals surface area contributed by atoms with Crippen molar-refractivity contribution in [3.63, 3.8) is 0 Å². The molecule has 9 heteroatoms. The Morgan fingerprint density at radius 2 is 1.68 bits per heavy atom. The van der Waals surface area contributed by atoms with Crippen LogP contribution in [0.15, 0.2) is 24.4 Å². The predicted molar refractivity (Wildman–Crippen MR) is 102 cm³/mol. The number of hydrogen-bond acceptors (Lipinski definition) is 7. The highest BCUT2D eigenvalue weighted by Gasteiger charge is 2.16. The minimum absolute atomic E-state index is 0.115. The molecule has 1 amide bonds. The summed E-state index contributed by atoms with van der Waals surface area (Å²) in [6, 6.07) is 4.24. The largest absolute Gasteiger partial charge is 0.465 e.